The van der Waals surface area contributed by atoms with Gasteiger partial charge in [0.2, 0.25) is 0 Å². The lowest BCUT2D eigenvalue weighted by Gasteiger charge is -2.10. The van der Waals surface area contributed by atoms with Crippen LogP contribution >= 0.6 is 11.6 Å². The van der Waals surface area contributed by atoms with Crippen molar-refractivity contribution in [3.05, 3.63) is 29.4 Å². The number of nitrogens with zero attached hydrogens (tertiary/aromatic N) is 1. The molecule has 1 aromatic heterocycles. The third-order valence-electron chi connectivity index (χ3n) is 1.97. The average molecular weight is 279 g/mol. The Kier molecular flexibility index (Phi) is 3.08. The minimum Gasteiger partial charge on any atom is -0.424 e. The van der Waals surface area contributed by atoms with Crippen LogP contribution in [0.15, 0.2) is 28.8 Å². The van der Waals surface area contributed by atoms with Crippen molar-refractivity contribution >= 4 is 17.6 Å². The fraction of sp³-hybridized carbons (Fsp3) is 0.100. The molecule has 0 amide bonds. The summed E-state index contributed by atoms with van der Waals surface area (Å²) >= 11 is 5.67. The maximum Gasteiger partial charge on any atom is 0.573 e. The molecule has 0 atom stereocenters. The second kappa shape index (κ2) is 4.41. The molecular weight excluding hydrogens is 273 g/mol. The SMILES string of the molecule is Nc1ncc(-c2ccc(OC(F)(F)F)c(Cl)c2)o1. The fourth-order valence-electron chi connectivity index (χ4n) is 1.28. The van der Waals surface area contributed by atoms with Gasteiger partial charge in [-0.05, 0) is 18.2 Å². The molecule has 0 fully saturated rings. The van der Waals surface area contributed by atoms with Crippen molar-refractivity contribution < 1.29 is 22.3 Å². The number of ether oxygens (including phenoxy) is 1. The highest BCUT2D eigenvalue weighted by atomic mass is 35.5. The molecule has 0 aliphatic carbocycles. The minimum atomic E-state index is -4.79. The largest absolute Gasteiger partial charge is 0.573 e. The molecule has 0 saturated carbocycles. The van der Waals surface area contributed by atoms with Crippen LogP contribution in [0, 0.1) is 0 Å². The van der Waals surface area contributed by atoms with E-state index in [1.54, 1.807) is 0 Å². The fourth-order valence-corrected chi connectivity index (χ4v) is 1.50. The second-order valence-electron chi connectivity index (χ2n) is 3.26. The summed E-state index contributed by atoms with van der Waals surface area (Å²) in [5.41, 5.74) is 5.73. The first kappa shape index (κ1) is 12.6. The molecule has 8 heteroatoms. The van der Waals surface area contributed by atoms with E-state index in [9.17, 15) is 13.2 Å². The van der Waals surface area contributed by atoms with Gasteiger partial charge in [0, 0.05) is 5.56 Å². The lowest BCUT2D eigenvalue weighted by Crippen LogP contribution is -2.17. The molecule has 18 heavy (non-hydrogen) atoms. The summed E-state index contributed by atoms with van der Waals surface area (Å²) in [7, 11) is 0. The Hall–Kier alpha value is -1.89. The number of nitrogens with two attached hydrogens (primary N) is 1. The molecule has 4 nitrogen and oxygen atoms in total. The van der Waals surface area contributed by atoms with E-state index < -0.39 is 12.1 Å². The van der Waals surface area contributed by atoms with Gasteiger partial charge < -0.3 is 14.9 Å². The van der Waals surface area contributed by atoms with Gasteiger partial charge in [0.15, 0.2) is 5.76 Å². The first-order valence-electron chi connectivity index (χ1n) is 4.62. The van der Waals surface area contributed by atoms with Gasteiger partial charge in [-0.25, -0.2) is 4.98 Å². The summed E-state index contributed by atoms with van der Waals surface area (Å²) in [6.45, 7) is 0. The quantitative estimate of drug-likeness (QED) is 0.913. The monoisotopic (exact) mass is 278 g/mol. The Morgan fingerprint density at radius 2 is 2.06 bits per heavy atom. The number of benzene rings is 1. The number of aromatic nitrogens is 1. The minimum absolute atomic E-state index is 0.0447. The van der Waals surface area contributed by atoms with Gasteiger partial charge in [-0.1, -0.05) is 11.6 Å². The van der Waals surface area contributed by atoms with Gasteiger partial charge in [-0.3, -0.25) is 0 Å². The van der Waals surface area contributed by atoms with Gasteiger partial charge in [-0.2, -0.15) is 0 Å². The van der Waals surface area contributed by atoms with E-state index in [1.807, 2.05) is 0 Å². The number of anilines is 1. The van der Waals surface area contributed by atoms with E-state index in [1.165, 1.54) is 18.3 Å². The standard InChI is InChI=1S/C10H6ClF3N2O2/c11-6-3-5(8-4-16-9(15)17-8)1-2-7(6)18-10(12,13)14/h1-4H,(H2,15,16). The molecule has 96 valence electrons. The van der Waals surface area contributed by atoms with Gasteiger partial charge in [0.05, 0.1) is 11.2 Å². The molecule has 0 saturated heterocycles. The molecular formula is C10H6ClF3N2O2. The van der Waals surface area contributed by atoms with Crippen LogP contribution < -0.4 is 10.5 Å². The number of halogens is 4. The topological polar surface area (TPSA) is 61.3 Å². The smallest absolute Gasteiger partial charge is 0.424 e. The van der Waals surface area contributed by atoms with E-state index in [0.29, 0.717) is 11.3 Å². The molecule has 0 spiro atoms. The third-order valence-corrected chi connectivity index (χ3v) is 2.26. The van der Waals surface area contributed by atoms with E-state index in [2.05, 4.69) is 9.72 Å². The molecule has 0 aliphatic heterocycles. The van der Waals surface area contributed by atoms with Crippen LogP contribution in [-0.4, -0.2) is 11.3 Å². The van der Waals surface area contributed by atoms with Gasteiger partial charge in [0.1, 0.15) is 5.75 Å². The van der Waals surface area contributed by atoms with Crippen LogP contribution in [0.5, 0.6) is 5.75 Å². The Labute approximate surface area is 104 Å². The predicted molar refractivity (Wildman–Crippen MR) is 58.0 cm³/mol. The number of oxazole rings is 1. The van der Waals surface area contributed by atoms with Crippen LogP contribution in [0.1, 0.15) is 0 Å². The van der Waals surface area contributed by atoms with E-state index in [-0.39, 0.29) is 11.0 Å². The van der Waals surface area contributed by atoms with Crippen molar-refractivity contribution in [3.63, 3.8) is 0 Å². The predicted octanol–water partition coefficient (Wildman–Crippen LogP) is 3.48. The van der Waals surface area contributed by atoms with Gasteiger partial charge >= 0.3 is 6.36 Å². The average Bonchev–Trinajstić information content (AvgIpc) is 2.66. The van der Waals surface area contributed by atoms with Crippen molar-refractivity contribution in [1.82, 2.24) is 4.98 Å². The van der Waals surface area contributed by atoms with Gasteiger partial charge in [-0.15, -0.1) is 13.2 Å². The van der Waals surface area contributed by atoms with Crippen LogP contribution in [0.3, 0.4) is 0 Å². The van der Waals surface area contributed by atoms with Crippen molar-refractivity contribution in [2.24, 2.45) is 0 Å². The summed E-state index contributed by atoms with van der Waals surface area (Å²) in [5.74, 6) is -0.187. The number of hydrogen-bond donors (Lipinski definition) is 1. The van der Waals surface area contributed by atoms with Crippen molar-refractivity contribution in [3.8, 4) is 17.1 Å². The zero-order chi connectivity index (χ0) is 13.3. The lowest BCUT2D eigenvalue weighted by atomic mass is 10.2. The Morgan fingerprint density at radius 3 is 2.56 bits per heavy atom. The van der Waals surface area contributed by atoms with E-state index in [0.717, 1.165) is 6.07 Å². The molecule has 0 unspecified atom stereocenters. The summed E-state index contributed by atoms with van der Waals surface area (Å²) < 4.78 is 44.8. The van der Waals surface area contributed by atoms with Crippen LogP contribution in [0.25, 0.3) is 11.3 Å². The number of rotatable bonds is 2. The molecule has 0 radical (unpaired) electrons. The number of hydrogen-bond acceptors (Lipinski definition) is 4. The molecule has 0 bridgehead atoms. The normalized spacial score (nSPS) is 11.6. The second-order valence-corrected chi connectivity index (χ2v) is 3.66. The zero-order valence-electron chi connectivity index (χ0n) is 8.66. The lowest BCUT2D eigenvalue weighted by molar-refractivity contribution is -0.274. The maximum absolute atomic E-state index is 12.0. The first-order valence-corrected chi connectivity index (χ1v) is 5.00. The molecule has 2 rings (SSSR count). The van der Waals surface area contributed by atoms with Crippen molar-refractivity contribution in [2.75, 3.05) is 5.73 Å². The van der Waals surface area contributed by atoms with Crippen LogP contribution in [0.2, 0.25) is 5.02 Å². The molecule has 2 aromatic rings. The van der Waals surface area contributed by atoms with E-state index in [4.69, 9.17) is 21.8 Å². The highest BCUT2D eigenvalue weighted by Gasteiger charge is 2.32. The Bertz CT molecular complexity index is 568. The zero-order valence-corrected chi connectivity index (χ0v) is 9.42. The van der Waals surface area contributed by atoms with E-state index >= 15 is 0 Å². The van der Waals surface area contributed by atoms with Gasteiger partial charge in [0.25, 0.3) is 6.01 Å². The highest BCUT2D eigenvalue weighted by molar-refractivity contribution is 6.32. The Balaban J connectivity index is 2.30. The molecule has 0 aliphatic rings. The highest BCUT2D eigenvalue weighted by Crippen LogP contribution is 2.34. The number of nitrogen functional groups attached to an aromatic ring is 1. The summed E-state index contributed by atoms with van der Waals surface area (Å²) in [6.07, 6.45) is -3.45. The van der Waals surface area contributed by atoms with Crippen molar-refractivity contribution in [1.29, 1.82) is 0 Å². The molecule has 1 aromatic carbocycles. The summed E-state index contributed by atoms with van der Waals surface area (Å²) in [5, 5.41) is -0.195. The first-order chi connectivity index (χ1) is 8.35. The van der Waals surface area contributed by atoms with Crippen LogP contribution in [0.4, 0.5) is 19.2 Å². The third kappa shape index (κ3) is 2.86. The molecule has 2 N–H and O–H groups in total. The Morgan fingerprint density at radius 1 is 1.33 bits per heavy atom. The number of alkyl halides is 3. The maximum atomic E-state index is 12.0. The molecule has 1 heterocycles. The summed E-state index contributed by atoms with van der Waals surface area (Å²) in [6, 6.07) is 3.66. The summed E-state index contributed by atoms with van der Waals surface area (Å²) in [4.78, 5) is 3.66. The van der Waals surface area contributed by atoms with Crippen LogP contribution in [-0.2, 0) is 0 Å². The van der Waals surface area contributed by atoms with Crippen molar-refractivity contribution in [2.45, 2.75) is 6.36 Å².